The van der Waals surface area contributed by atoms with Crippen LogP contribution in [0.25, 0.3) is 66.1 Å². The van der Waals surface area contributed by atoms with Crippen LogP contribution >= 0.6 is 0 Å². The summed E-state index contributed by atoms with van der Waals surface area (Å²) in [5.74, 6) is 0. The van der Waals surface area contributed by atoms with E-state index in [0.29, 0.717) is 0 Å². The molecule has 0 N–H and O–H groups in total. The average Bonchev–Trinajstić information content (AvgIpc) is 3.95. The third-order valence-electron chi connectivity index (χ3n) is 14.3. The number of rotatable bonds is 6. The molecular formula is C62H43NO. The third-order valence-corrected chi connectivity index (χ3v) is 14.3. The van der Waals surface area contributed by atoms with Crippen molar-refractivity contribution in [1.29, 1.82) is 0 Å². The van der Waals surface area contributed by atoms with Gasteiger partial charge in [-0.2, -0.15) is 0 Å². The Kier molecular flexibility index (Phi) is 7.90. The van der Waals surface area contributed by atoms with Gasteiger partial charge in [0.25, 0.3) is 0 Å². The fourth-order valence-electron chi connectivity index (χ4n) is 11.5. The first kappa shape index (κ1) is 36.7. The van der Waals surface area contributed by atoms with Crippen molar-refractivity contribution in [3.05, 3.63) is 258 Å². The minimum atomic E-state index is -0.517. The van der Waals surface area contributed by atoms with E-state index in [2.05, 4.69) is 243 Å². The van der Waals surface area contributed by atoms with Crippen LogP contribution < -0.4 is 4.90 Å². The van der Waals surface area contributed by atoms with Crippen LogP contribution in [0.1, 0.15) is 47.2 Å². The van der Waals surface area contributed by atoms with Crippen molar-refractivity contribution in [2.45, 2.75) is 24.7 Å². The average molecular weight is 818 g/mol. The molecular weight excluding hydrogens is 775 g/mol. The Labute approximate surface area is 373 Å². The highest BCUT2D eigenvalue weighted by atomic mass is 16.3. The molecule has 13 rings (SSSR count). The second-order valence-electron chi connectivity index (χ2n) is 18.0. The van der Waals surface area contributed by atoms with Crippen molar-refractivity contribution in [2.24, 2.45) is 0 Å². The van der Waals surface area contributed by atoms with Crippen LogP contribution in [-0.2, 0) is 10.8 Å². The molecule has 0 amide bonds. The topological polar surface area (TPSA) is 16.4 Å². The summed E-state index contributed by atoms with van der Waals surface area (Å²) in [7, 11) is 0. The van der Waals surface area contributed by atoms with Gasteiger partial charge in [-0.1, -0.05) is 190 Å². The van der Waals surface area contributed by atoms with E-state index in [9.17, 15) is 0 Å². The van der Waals surface area contributed by atoms with Crippen LogP contribution in [-0.4, -0.2) is 0 Å². The number of furan rings is 1. The summed E-state index contributed by atoms with van der Waals surface area (Å²) in [6, 6.07) is 82.6. The van der Waals surface area contributed by atoms with Gasteiger partial charge in [0, 0.05) is 27.7 Å². The van der Waals surface area contributed by atoms with Gasteiger partial charge in [-0.3, -0.25) is 0 Å². The Morgan fingerprint density at radius 1 is 0.406 bits per heavy atom. The molecule has 0 bridgehead atoms. The largest absolute Gasteiger partial charge is 0.455 e. The number of nitrogens with zero attached hydrogens (tertiary/aromatic N) is 1. The molecule has 10 aromatic carbocycles. The van der Waals surface area contributed by atoms with Gasteiger partial charge in [0.15, 0.2) is 0 Å². The van der Waals surface area contributed by atoms with Crippen molar-refractivity contribution in [3.8, 4) is 33.4 Å². The van der Waals surface area contributed by atoms with E-state index < -0.39 is 5.41 Å². The minimum absolute atomic E-state index is 0.137. The van der Waals surface area contributed by atoms with Gasteiger partial charge in [-0.05, 0) is 121 Å². The number of anilines is 3. The zero-order valence-electron chi connectivity index (χ0n) is 35.7. The van der Waals surface area contributed by atoms with Crippen molar-refractivity contribution in [1.82, 2.24) is 0 Å². The van der Waals surface area contributed by atoms with E-state index in [4.69, 9.17) is 4.42 Å². The lowest BCUT2D eigenvalue weighted by atomic mass is 9.67. The van der Waals surface area contributed by atoms with E-state index in [0.717, 1.165) is 55.5 Å². The highest BCUT2D eigenvalue weighted by Gasteiger charge is 2.46. The summed E-state index contributed by atoms with van der Waals surface area (Å²) in [6.07, 6.45) is 0. The molecule has 0 saturated heterocycles. The fourth-order valence-corrected chi connectivity index (χ4v) is 11.5. The molecule has 0 atom stereocenters. The molecule has 2 nitrogen and oxygen atoms in total. The van der Waals surface area contributed by atoms with Crippen LogP contribution in [0.4, 0.5) is 17.1 Å². The molecule has 0 fully saturated rings. The molecule has 2 heteroatoms. The predicted molar refractivity (Wildman–Crippen MR) is 266 cm³/mol. The number of hydrogen-bond donors (Lipinski definition) is 0. The van der Waals surface area contributed by atoms with Crippen molar-refractivity contribution < 1.29 is 4.42 Å². The normalized spacial score (nSPS) is 14.0. The predicted octanol–water partition coefficient (Wildman–Crippen LogP) is 16.5. The maximum Gasteiger partial charge on any atom is 0.143 e. The monoisotopic (exact) mass is 817 g/mol. The first-order valence-electron chi connectivity index (χ1n) is 22.3. The van der Waals surface area contributed by atoms with Crippen LogP contribution in [0.2, 0.25) is 0 Å². The molecule has 64 heavy (non-hydrogen) atoms. The molecule has 0 unspecified atom stereocenters. The molecule has 0 aliphatic heterocycles. The van der Waals surface area contributed by atoms with E-state index in [1.165, 1.54) is 61.0 Å². The first-order chi connectivity index (χ1) is 31.5. The highest BCUT2D eigenvalue weighted by molar-refractivity contribution is 6.22. The molecule has 0 spiro atoms. The summed E-state index contributed by atoms with van der Waals surface area (Å²) >= 11 is 0. The van der Waals surface area contributed by atoms with Gasteiger partial charge in [0.1, 0.15) is 11.2 Å². The number of benzene rings is 10. The number of hydrogen-bond acceptors (Lipinski definition) is 2. The lowest BCUT2D eigenvalue weighted by Gasteiger charge is -2.34. The van der Waals surface area contributed by atoms with E-state index in [1.54, 1.807) is 0 Å². The summed E-state index contributed by atoms with van der Waals surface area (Å²) in [6.45, 7) is 4.71. The summed E-state index contributed by atoms with van der Waals surface area (Å²) in [5.41, 5.74) is 19.6. The maximum absolute atomic E-state index is 7.23. The molecule has 1 aromatic heterocycles. The van der Waals surface area contributed by atoms with E-state index >= 15 is 0 Å². The molecule has 11 aromatic rings. The molecule has 1 heterocycles. The Balaban J connectivity index is 1.07. The van der Waals surface area contributed by atoms with Crippen molar-refractivity contribution in [2.75, 3.05) is 4.90 Å². The van der Waals surface area contributed by atoms with Gasteiger partial charge in [-0.15, -0.1) is 0 Å². The Morgan fingerprint density at radius 2 is 1.00 bits per heavy atom. The lowest BCUT2D eigenvalue weighted by molar-refractivity contribution is 0.660. The van der Waals surface area contributed by atoms with Gasteiger partial charge in [0.2, 0.25) is 0 Å². The van der Waals surface area contributed by atoms with Crippen LogP contribution in [0.15, 0.2) is 229 Å². The van der Waals surface area contributed by atoms with Gasteiger partial charge in [0.05, 0.1) is 16.5 Å². The highest BCUT2D eigenvalue weighted by Crippen LogP contribution is 2.58. The smallest absolute Gasteiger partial charge is 0.143 e. The maximum atomic E-state index is 7.23. The summed E-state index contributed by atoms with van der Waals surface area (Å²) in [4.78, 5) is 2.42. The summed E-state index contributed by atoms with van der Waals surface area (Å²) in [5, 5.41) is 4.52. The molecule has 0 saturated carbocycles. The van der Waals surface area contributed by atoms with Gasteiger partial charge < -0.3 is 9.32 Å². The van der Waals surface area contributed by atoms with Crippen LogP contribution in [0.5, 0.6) is 0 Å². The third kappa shape index (κ3) is 5.08. The van der Waals surface area contributed by atoms with E-state index in [1.807, 2.05) is 0 Å². The quantitative estimate of drug-likeness (QED) is 0.166. The second-order valence-corrected chi connectivity index (χ2v) is 18.0. The van der Waals surface area contributed by atoms with Crippen LogP contribution in [0, 0.1) is 0 Å². The zero-order valence-corrected chi connectivity index (χ0v) is 35.7. The molecule has 0 radical (unpaired) electrons. The number of fused-ring (bicyclic) bond motifs is 10. The van der Waals surface area contributed by atoms with Crippen LogP contribution in [0.3, 0.4) is 0 Å². The molecule has 2 aliphatic carbocycles. The molecule has 2 aliphatic rings. The SMILES string of the molecule is CC1(C)c2ccccc2-c2ccc(N(c3ccccc3)c3cccc4oc5c(-c6ccc7c(c6)C(c6ccccc6)(c6ccccc6)c6ccccc6-7)c6ccccc6cc5c34)cc21. The molecule has 302 valence electrons. The summed E-state index contributed by atoms with van der Waals surface area (Å²) < 4.78 is 7.23. The fraction of sp³-hybridized carbons (Fsp3) is 0.0645. The Hall–Kier alpha value is -7.94. The Morgan fingerprint density at radius 3 is 1.75 bits per heavy atom. The van der Waals surface area contributed by atoms with Crippen molar-refractivity contribution >= 4 is 49.8 Å². The standard InChI is InChI=1S/C62H43NO/c1-61(2)52-29-16-14-27-47(52)49-36-34-45(39-54(49)61)63(44-24-10-5-11-25-44)56-31-18-32-57-59(56)51-37-40-19-12-13-26-46(40)58(60(51)64-57)41-33-35-50-48-28-15-17-30-53(48)62(55(50)38-41,42-20-6-3-7-21-42)43-22-8-4-9-23-43/h3-39H,1-2H3. The van der Waals surface area contributed by atoms with Gasteiger partial charge >= 0.3 is 0 Å². The second kappa shape index (κ2) is 13.8. The van der Waals surface area contributed by atoms with Crippen molar-refractivity contribution in [3.63, 3.8) is 0 Å². The van der Waals surface area contributed by atoms with E-state index in [-0.39, 0.29) is 5.41 Å². The minimum Gasteiger partial charge on any atom is -0.455 e. The number of para-hydroxylation sites is 1. The first-order valence-corrected chi connectivity index (χ1v) is 22.3. The lowest BCUT2D eigenvalue weighted by Crippen LogP contribution is -2.28. The Bertz CT molecular complexity index is 3600. The van der Waals surface area contributed by atoms with Gasteiger partial charge in [-0.25, -0.2) is 0 Å². The zero-order chi connectivity index (χ0) is 42.6.